The maximum atomic E-state index is 11.3. The largest absolute Gasteiger partial charge is 0.298 e. The lowest BCUT2D eigenvalue weighted by Crippen LogP contribution is -1.88. The lowest BCUT2D eigenvalue weighted by molar-refractivity contribution is -0.105. The predicted molar refractivity (Wildman–Crippen MR) is 113 cm³/mol. The summed E-state index contributed by atoms with van der Waals surface area (Å²) >= 11 is 0. The van der Waals surface area contributed by atoms with Gasteiger partial charge in [0.1, 0.15) is 6.29 Å². The Balaban J connectivity index is 3.64. The normalized spacial score (nSPS) is 12.8. The highest BCUT2D eigenvalue weighted by Crippen LogP contribution is 2.14. The van der Waals surface area contributed by atoms with Crippen LogP contribution in [0.15, 0.2) is 11.6 Å². The summed E-state index contributed by atoms with van der Waals surface area (Å²) < 4.78 is 8.16. The highest BCUT2D eigenvalue weighted by atomic mass is 16.1. The van der Waals surface area contributed by atoms with Gasteiger partial charge in [-0.1, -0.05) is 116 Å². The zero-order valence-corrected chi connectivity index (χ0v) is 17.4. The van der Waals surface area contributed by atoms with Crippen molar-refractivity contribution < 1.29 is 6.17 Å². The van der Waals surface area contributed by atoms with Crippen LogP contribution in [0.3, 0.4) is 0 Å². The van der Waals surface area contributed by atoms with Crippen molar-refractivity contribution in [2.24, 2.45) is 0 Å². The van der Waals surface area contributed by atoms with Crippen LogP contribution in [0, 0.1) is 0 Å². The molecule has 25 heavy (non-hydrogen) atoms. The molecule has 0 aliphatic carbocycles. The third-order valence-electron chi connectivity index (χ3n) is 5.07. The zero-order chi connectivity index (χ0) is 19.3. The molecule has 0 N–H and O–H groups in total. The number of carbonyl (C=O) groups is 1. The van der Waals surface area contributed by atoms with E-state index in [0.717, 1.165) is 37.5 Å². The quantitative estimate of drug-likeness (QED) is 0.122. The van der Waals surface area contributed by atoms with Crippen LogP contribution in [0.2, 0.25) is 0 Å². The summed E-state index contributed by atoms with van der Waals surface area (Å²) in [4.78, 5) is 11.3. The summed E-state index contributed by atoms with van der Waals surface area (Å²) in [7, 11) is 0. The van der Waals surface area contributed by atoms with Gasteiger partial charge in [0, 0.05) is 0 Å². The first-order chi connectivity index (χ1) is 12.8. The minimum absolute atomic E-state index is 0.603. The van der Waals surface area contributed by atoms with Crippen molar-refractivity contribution in [3.63, 3.8) is 0 Å². The Morgan fingerprint density at radius 3 is 1.48 bits per heavy atom. The van der Waals surface area contributed by atoms with Crippen LogP contribution in [0.4, 0.5) is 0 Å². The van der Waals surface area contributed by atoms with Crippen molar-refractivity contribution in [3.05, 3.63) is 11.6 Å². The molecule has 0 spiro atoms. The van der Waals surface area contributed by atoms with E-state index in [9.17, 15) is 4.79 Å². The molecule has 0 saturated carbocycles. The lowest BCUT2D eigenvalue weighted by Gasteiger charge is -2.03. The van der Waals surface area contributed by atoms with Crippen LogP contribution in [0.1, 0.15) is 137 Å². The van der Waals surface area contributed by atoms with Crippen molar-refractivity contribution in [1.82, 2.24) is 0 Å². The van der Waals surface area contributed by atoms with E-state index in [2.05, 4.69) is 13.8 Å². The van der Waals surface area contributed by atoms with E-state index in [0.29, 0.717) is 6.05 Å². The number of rotatable bonds is 20. The summed E-state index contributed by atoms with van der Waals surface area (Å²) in [5.41, 5.74) is 0.760. The molecule has 1 heteroatoms. The first-order valence-electron chi connectivity index (χ1n) is 11.9. The molecular weight excluding hydrogens is 304 g/mol. The Bertz CT molecular complexity index is 335. The lowest BCUT2D eigenvalue weighted by atomic mass is 10.0. The summed E-state index contributed by atoms with van der Waals surface area (Å²) in [6.07, 6.45) is 24.5. The molecule has 0 aromatic carbocycles. The highest BCUT2D eigenvalue weighted by molar-refractivity contribution is 5.72. The van der Waals surface area contributed by atoms with Gasteiger partial charge in [-0.2, -0.15) is 0 Å². The van der Waals surface area contributed by atoms with Gasteiger partial charge in [0.2, 0.25) is 0 Å². The smallest absolute Gasteiger partial charge is 0.145 e. The van der Waals surface area contributed by atoms with Crippen molar-refractivity contribution in [1.29, 1.82) is 0 Å². The molecule has 0 heterocycles. The Hall–Kier alpha value is -0.590. The van der Waals surface area contributed by atoms with Gasteiger partial charge in [-0.3, -0.25) is 4.79 Å². The molecule has 0 saturated heterocycles. The van der Waals surface area contributed by atoms with Gasteiger partial charge in [0.05, 0.1) is 1.37 Å². The van der Waals surface area contributed by atoms with E-state index in [1.807, 2.05) is 0 Å². The third-order valence-corrected chi connectivity index (χ3v) is 5.07. The zero-order valence-electron chi connectivity index (χ0n) is 18.4. The minimum Gasteiger partial charge on any atom is -0.298 e. The van der Waals surface area contributed by atoms with Crippen LogP contribution in [0.25, 0.3) is 0 Å². The van der Waals surface area contributed by atoms with Gasteiger partial charge in [-0.05, 0) is 31.3 Å². The molecule has 0 rings (SSSR count). The summed E-state index contributed by atoms with van der Waals surface area (Å²) in [6.45, 7) is 4.51. The summed E-state index contributed by atoms with van der Waals surface area (Å²) in [5.74, 6) is 0. The molecule has 1 nitrogen and oxygen atoms in total. The van der Waals surface area contributed by atoms with Crippen molar-refractivity contribution in [3.8, 4) is 0 Å². The fourth-order valence-corrected chi connectivity index (χ4v) is 3.32. The third kappa shape index (κ3) is 19.6. The average Bonchev–Trinajstić information content (AvgIpc) is 2.65. The van der Waals surface area contributed by atoms with E-state index in [4.69, 9.17) is 1.37 Å². The van der Waals surface area contributed by atoms with Crippen molar-refractivity contribution in [2.45, 2.75) is 136 Å². The van der Waals surface area contributed by atoms with Gasteiger partial charge >= 0.3 is 0 Å². The molecule has 0 aliphatic heterocycles. The SMILES string of the molecule is [2H]/C(CCCCCCCCCCC)=C(/C=O)CCCCCCCCCC. The first-order valence-corrected chi connectivity index (χ1v) is 11.4. The second kappa shape index (κ2) is 21.5. The number of hydrogen-bond acceptors (Lipinski definition) is 1. The van der Waals surface area contributed by atoms with E-state index < -0.39 is 0 Å². The van der Waals surface area contributed by atoms with Crippen molar-refractivity contribution in [2.75, 3.05) is 0 Å². The molecule has 0 aliphatic rings. The Labute approximate surface area is 160 Å². The Morgan fingerprint density at radius 2 is 1.04 bits per heavy atom. The van der Waals surface area contributed by atoms with Gasteiger partial charge < -0.3 is 0 Å². The van der Waals surface area contributed by atoms with Gasteiger partial charge in [-0.25, -0.2) is 0 Å². The van der Waals surface area contributed by atoms with Crippen LogP contribution >= 0.6 is 0 Å². The van der Waals surface area contributed by atoms with Gasteiger partial charge in [0.15, 0.2) is 0 Å². The monoisotopic (exact) mass is 351 g/mol. The standard InChI is InChI=1S/C24H46O/c1-3-5-7-9-11-13-14-16-18-20-22-24(23-25)21-19-17-15-12-10-8-6-4-2/h22-23H,3-21H2,1-2H3/b24-22-/i22D. The predicted octanol–water partition coefficient (Wildman–Crippen LogP) is 8.56. The maximum Gasteiger partial charge on any atom is 0.145 e. The second-order valence-electron chi connectivity index (χ2n) is 7.62. The average molecular weight is 352 g/mol. The number of aldehydes is 1. The molecule has 0 bridgehead atoms. The maximum absolute atomic E-state index is 11.3. The molecule has 148 valence electrons. The molecule has 0 amide bonds. The van der Waals surface area contributed by atoms with E-state index in [1.165, 1.54) is 96.3 Å². The minimum atomic E-state index is 0.603. The molecular formula is C24H46O. The number of allylic oxidation sites excluding steroid dienone is 2. The molecule has 0 unspecified atom stereocenters. The van der Waals surface area contributed by atoms with E-state index in [1.54, 1.807) is 0 Å². The van der Waals surface area contributed by atoms with Crippen LogP contribution in [-0.4, -0.2) is 6.29 Å². The van der Waals surface area contributed by atoms with Crippen molar-refractivity contribution >= 4 is 6.29 Å². The summed E-state index contributed by atoms with van der Waals surface area (Å²) in [5, 5.41) is 0. The molecule has 0 atom stereocenters. The molecule has 0 fully saturated rings. The van der Waals surface area contributed by atoms with Crippen LogP contribution < -0.4 is 0 Å². The molecule has 0 aromatic rings. The van der Waals surface area contributed by atoms with Crippen LogP contribution in [0.5, 0.6) is 0 Å². The fraction of sp³-hybridized carbons (Fsp3) is 0.875. The van der Waals surface area contributed by atoms with Gasteiger partial charge in [-0.15, -0.1) is 0 Å². The highest BCUT2D eigenvalue weighted by Gasteiger charge is 1.97. The first kappa shape index (κ1) is 22.5. The second-order valence-corrected chi connectivity index (χ2v) is 7.62. The number of hydrogen-bond donors (Lipinski definition) is 0. The molecule has 0 aromatic heterocycles. The summed E-state index contributed by atoms with van der Waals surface area (Å²) in [6, 6.07) is 0.603. The Kier molecular flexibility index (Phi) is 19.3. The van der Waals surface area contributed by atoms with E-state index >= 15 is 0 Å². The molecule has 0 radical (unpaired) electrons. The topological polar surface area (TPSA) is 17.1 Å². The van der Waals surface area contributed by atoms with Crippen LogP contribution in [-0.2, 0) is 4.79 Å². The number of carbonyl (C=O) groups excluding carboxylic acids is 1. The Morgan fingerprint density at radius 1 is 0.640 bits per heavy atom. The fourth-order valence-electron chi connectivity index (χ4n) is 3.32. The van der Waals surface area contributed by atoms with E-state index in [-0.39, 0.29) is 0 Å². The number of unbranched alkanes of at least 4 members (excludes halogenated alkanes) is 15. The van der Waals surface area contributed by atoms with Gasteiger partial charge in [0.25, 0.3) is 0 Å².